The molecule has 1 aromatic rings. The van der Waals surface area contributed by atoms with E-state index in [2.05, 4.69) is 18.9 Å². The van der Waals surface area contributed by atoms with Gasteiger partial charge in [-0.1, -0.05) is 23.6 Å². The maximum absolute atomic E-state index is 5.88. The summed E-state index contributed by atoms with van der Waals surface area (Å²) >= 11 is 5.88. The lowest BCUT2D eigenvalue weighted by Crippen LogP contribution is -2.04. The number of hydrogen-bond donors (Lipinski definition) is 0. The van der Waals surface area contributed by atoms with Gasteiger partial charge in [0.25, 0.3) is 0 Å². The van der Waals surface area contributed by atoms with Crippen molar-refractivity contribution in [3.05, 3.63) is 34.3 Å². The SMILES string of the molecule is C#CC1(c2ccc(Cl)cc2C)CC1. The monoisotopic (exact) mass is 190 g/mol. The Morgan fingerprint density at radius 3 is 2.62 bits per heavy atom. The van der Waals surface area contributed by atoms with Gasteiger partial charge >= 0.3 is 0 Å². The number of hydrogen-bond acceptors (Lipinski definition) is 0. The van der Waals surface area contributed by atoms with Crippen LogP contribution in [0.5, 0.6) is 0 Å². The van der Waals surface area contributed by atoms with Crippen molar-refractivity contribution in [3.8, 4) is 12.3 Å². The molecule has 0 radical (unpaired) electrons. The number of halogens is 1. The van der Waals surface area contributed by atoms with Crippen molar-refractivity contribution >= 4 is 11.6 Å². The second-order valence-electron chi connectivity index (χ2n) is 3.69. The summed E-state index contributed by atoms with van der Waals surface area (Å²) in [6.07, 6.45) is 7.76. The van der Waals surface area contributed by atoms with Gasteiger partial charge in [-0.2, -0.15) is 0 Å². The average Bonchev–Trinajstić information content (AvgIpc) is 2.85. The number of rotatable bonds is 1. The third-order valence-corrected chi connectivity index (χ3v) is 2.97. The Labute approximate surface area is 83.9 Å². The molecule has 0 saturated heterocycles. The van der Waals surface area contributed by atoms with Gasteiger partial charge in [-0.3, -0.25) is 0 Å². The Morgan fingerprint density at radius 1 is 1.46 bits per heavy atom. The van der Waals surface area contributed by atoms with E-state index in [1.807, 2.05) is 12.1 Å². The van der Waals surface area contributed by atoms with Gasteiger partial charge in [0.05, 0.1) is 5.41 Å². The van der Waals surface area contributed by atoms with Crippen molar-refractivity contribution in [1.29, 1.82) is 0 Å². The Bertz CT molecular complexity index is 381. The number of benzene rings is 1. The molecule has 0 nitrogen and oxygen atoms in total. The first-order chi connectivity index (χ1) is 6.18. The number of aryl methyl sites for hydroxylation is 1. The van der Waals surface area contributed by atoms with Crippen LogP contribution in [0, 0.1) is 19.3 Å². The quantitative estimate of drug-likeness (QED) is 0.596. The summed E-state index contributed by atoms with van der Waals surface area (Å²) in [5.74, 6) is 2.89. The van der Waals surface area contributed by atoms with E-state index >= 15 is 0 Å². The fourth-order valence-corrected chi connectivity index (χ4v) is 2.01. The molecular weight excluding hydrogens is 180 g/mol. The van der Waals surface area contributed by atoms with Gasteiger partial charge in [0.1, 0.15) is 0 Å². The zero-order valence-electron chi connectivity index (χ0n) is 7.60. The molecule has 0 atom stereocenters. The normalized spacial score (nSPS) is 17.9. The van der Waals surface area contributed by atoms with Crippen LogP contribution >= 0.6 is 11.6 Å². The van der Waals surface area contributed by atoms with Gasteiger partial charge in [0.2, 0.25) is 0 Å². The predicted molar refractivity (Wildman–Crippen MR) is 55.9 cm³/mol. The highest BCUT2D eigenvalue weighted by atomic mass is 35.5. The highest BCUT2D eigenvalue weighted by molar-refractivity contribution is 6.30. The third kappa shape index (κ3) is 1.34. The van der Waals surface area contributed by atoms with Gasteiger partial charge in [0.15, 0.2) is 0 Å². The zero-order valence-corrected chi connectivity index (χ0v) is 8.36. The summed E-state index contributed by atoms with van der Waals surface area (Å²) in [4.78, 5) is 0. The van der Waals surface area contributed by atoms with Crippen molar-refractivity contribution < 1.29 is 0 Å². The van der Waals surface area contributed by atoms with E-state index in [9.17, 15) is 0 Å². The molecule has 0 spiro atoms. The molecule has 0 amide bonds. The van der Waals surface area contributed by atoms with Crippen molar-refractivity contribution in [2.24, 2.45) is 0 Å². The summed E-state index contributed by atoms with van der Waals surface area (Å²) in [5, 5.41) is 0.786. The first-order valence-corrected chi connectivity index (χ1v) is 4.80. The van der Waals surface area contributed by atoms with E-state index < -0.39 is 0 Å². The molecule has 66 valence electrons. The molecule has 0 heterocycles. The topological polar surface area (TPSA) is 0 Å². The summed E-state index contributed by atoms with van der Waals surface area (Å²) in [6, 6.07) is 5.96. The van der Waals surface area contributed by atoms with Crippen molar-refractivity contribution in [3.63, 3.8) is 0 Å². The Morgan fingerprint density at radius 2 is 2.15 bits per heavy atom. The second-order valence-corrected chi connectivity index (χ2v) is 4.12. The molecular formula is C12H11Cl. The van der Waals surface area contributed by atoms with Crippen LogP contribution in [0.3, 0.4) is 0 Å². The highest BCUT2D eigenvalue weighted by Gasteiger charge is 2.43. The molecule has 1 aromatic carbocycles. The van der Waals surface area contributed by atoms with E-state index in [1.54, 1.807) is 0 Å². The van der Waals surface area contributed by atoms with Gasteiger partial charge in [0, 0.05) is 5.02 Å². The Hall–Kier alpha value is -0.930. The lowest BCUT2D eigenvalue weighted by molar-refractivity contribution is 0.916. The summed E-state index contributed by atoms with van der Waals surface area (Å²) < 4.78 is 0. The second kappa shape index (κ2) is 2.79. The minimum atomic E-state index is 0.0364. The lowest BCUT2D eigenvalue weighted by Gasteiger charge is -2.11. The van der Waals surface area contributed by atoms with Crippen LogP contribution in [0.4, 0.5) is 0 Å². The van der Waals surface area contributed by atoms with E-state index in [0.29, 0.717) is 0 Å². The van der Waals surface area contributed by atoms with Crippen LogP contribution in [0.2, 0.25) is 5.02 Å². The van der Waals surface area contributed by atoms with Crippen LogP contribution in [0.15, 0.2) is 18.2 Å². The lowest BCUT2D eigenvalue weighted by atomic mass is 9.93. The van der Waals surface area contributed by atoms with Crippen molar-refractivity contribution in [2.75, 3.05) is 0 Å². The van der Waals surface area contributed by atoms with E-state index in [1.165, 1.54) is 11.1 Å². The van der Waals surface area contributed by atoms with Gasteiger partial charge < -0.3 is 0 Å². The molecule has 1 fully saturated rings. The largest absolute Gasteiger partial charge is 0.119 e. The van der Waals surface area contributed by atoms with E-state index in [-0.39, 0.29) is 5.41 Å². The fraction of sp³-hybridized carbons (Fsp3) is 0.333. The first kappa shape index (κ1) is 8.66. The molecule has 0 aromatic heterocycles. The van der Waals surface area contributed by atoms with Crippen LogP contribution in [0.25, 0.3) is 0 Å². The van der Waals surface area contributed by atoms with Crippen molar-refractivity contribution in [1.82, 2.24) is 0 Å². The molecule has 0 aliphatic heterocycles. The smallest absolute Gasteiger partial charge is 0.0564 e. The minimum absolute atomic E-state index is 0.0364. The van der Waals surface area contributed by atoms with E-state index in [0.717, 1.165) is 17.9 Å². The maximum Gasteiger partial charge on any atom is 0.0564 e. The predicted octanol–water partition coefficient (Wildman–Crippen LogP) is 3.31. The molecule has 13 heavy (non-hydrogen) atoms. The van der Waals surface area contributed by atoms with E-state index in [4.69, 9.17) is 18.0 Å². The maximum atomic E-state index is 5.88. The van der Waals surface area contributed by atoms with Crippen LogP contribution in [-0.2, 0) is 5.41 Å². The minimum Gasteiger partial charge on any atom is -0.119 e. The van der Waals surface area contributed by atoms with Crippen LogP contribution in [-0.4, -0.2) is 0 Å². The fourth-order valence-electron chi connectivity index (χ4n) is 1.78. The molecule has 2 rings (SSSR count). The van der Waals surface area contributed by atoms with Crippen LogP contribution in [0.1, 0.15) is 24.0 Å². The summed E-state index contributed by atoms with van der Waals surface area (Å²) in [5.41, 5.74) is 2.52. The molecule has 0 unspecified atom stereocenters. The summed E-state index contributed by atoms with van der Waals surface area (Å²) in [6.45, 7) is 2.07. The third-order valence-electron chi connectivity index (χ3n) is 2.73. The van der Waals surface area contributed by atoms with Gasteiger partial charge in [-0.15, -0.1) is 6.42 Å². The summed E-state index contributed by atoms with van der Waals surface area (Å²) in [7, 11) is 0. The van der Waals surface area contributed by atoms with Gasteiger partial charge in [-0.25, -0.2) is 0 Å². The number of terminal acetylenes is 1. The highest BCUT2D eigenvalue weighted by Crippen LogP contribution is 2.48. The molecule has 1 aliphatic rings. The average molecular weight is 191 g/mol. The van der Waals surface area contributed by atoms with Crippen LogP contribution < -0.4 is 0 Å². The molecule has 1 aliphatic carbocycles. The van der Waals surface area contributed by atoms with Crippen molar-refractivity contribution in [2.45, 2.75) is 25.2 Å². The van der Waals surface area contributed by atoms with Gasteiger partial charge in [-0.05, 0) is 43.0 Å². The Balaban J connectivity index is 2.48. The zero-order chi connectivity index (χ0) is 9.47. The molecule has 1 heteroatoms. The standard InChI is InChI=1S/C12H11Cl/c1-3-12(6-7-12)11-5-4-10(13)8-9(11)2/h1,4-5,8H,6-7H2,2H3. The first-order valence-electron chi connectivity index (χ1n) is 4.42. The molecule has 1 saturated carbocycles. The Kier molecular flexibility index (Phi) is 1.86. The molecule has 0 N–H and O–H groups in total. The molecule has 0 bridgehead atoms.